The van der Waals surface area contributed by atoms with Gasteiger partial charge >= 0.3 is 0 Å². The van der Waals surface area contributed by atoms with Crippen LogP contribution in [0.15, 0.2) is 30.5 Å². The minimum atomic E-state index is -0.0370. The van der Waals surface area contributed by atoms with E-state index in [1.165, 1.54) is 0 Å². The first-order valence-electron chi connectivity index (χ1n) is 9.20. The van der Waals surface area contributed by atoms with Gasteiger partial charge in [0.25, 0.3) is 0 Å². The van der Waals surface area contributed by atoms with Crippen LogP contribution in [-0.2, 0) is 11.2 Å². The fourth-order valence-corrected chi connectivity index (χ4v) is 3.43. The number of anilines is 2. The summed E-state index contributed by atoms with van der Waals surface area (Å²) in [6.07, 6.45) is 2.05. The number of fused-ring (bicyclic) bond motifs is 3. The zero-order chi connectivity index (χ0) is 18.7. The van der Waals surface area contributed by atoms with Crippen molar-refractivity contribution in [2.24, 2.45) is 0 Å². The van der Waals surface area contributed by atoms with Gasteiger partial charge in [0.1, 0.15) is 0 Å². The molecule has 1 aromatic carbocycles. The van der Waals surface area contributed by atoms with Crippen LogP contribution in [0.5, 0.6) is 0 Å². The lowest BCUT2D eigenvalue weighted by Gasteiger charge is -2.30. The molecule has 0 fully saturated rings. The van der Waals surface area contributed by atoms with E-state index in [0.717, 1.165) is 35.6 Å². The van der Waals surface area contributed by atoms with Gasteiger partial charge in [-0.3, -0.25) is 9.69 Å². The van der Waals surface area contributed by atoms with Crippen molar-refractivity contribution >= 4 is 17.5 Å². The molecule has 3 rings (SSSR count). The maximum atomic E-state index is 12.1. The Morgan fingerprint density at radius 2 is 1.92 bits per heavy atom. The number of nitrogens with zero attached hydrogens (tertiary/aromatic N) is 3. The van der Waals surface area contributed by atoms with Crippen molar-refractivity contribution < 1.29 is 4.79 Å². The van der Waals surface area contributed by atoms with Gasteiger partial charge in [-0.1, -0.05) is 18.2 Å². The van der Waals surface area contributed by atoms with Crippen LogP contribution in [0.25, 0.3) is 11.3 Å². The topological polar surface area (TPSA) is 70.2 Å². The zero-order valence-electron chi connectivity index (χ0n) is 15.9. The Bertz CT molecular complexity index is 780. The van der Waals surface area contributed by atoms with Crippen molar-refractivity contribution in [3.05, 3.63) is 36.0 Å². The molecular weight excluding hydrogens is 326 g/mol. The predicted molar refractivity (Wildman–Crippen MR) is 105 cm³/mol. The summed E-state index contributed by atoms with van der Waals surface area (Å²) in [4.78, 5) is 23.6. The molecule has 2 heterocycles. The number of nitrogens with one attached hydrogen (secondary N) is 2. The minimum absolute atomic E-state index is 0.0370. The standard InChI is InChI=1S/C20H27N5O/c1-13(2)25(14(3)4)10-9-21-20-22-12-15-11-18(26)23-17-8-6-5-7-16(17)19(15)24-20/h5-8,12-14H,9-11H2,1-4H3,(H,23,26)(H,21,22,24). The fourth-order valence-electron chi connectivity index (χ4n) is 3.43. The van der Waals surface area contributed by atoms with Crippen LogP contribution in [0.1, 0.15) is 33.3 Å². The first-order chi connectivity index (χ1) is 12.5. The number of carbonyl (C=O) groups excluding carboxylic acids is 1. The van der Waals surface area contributed by atoms with Gasteiger partial charge in [-0.15, -0.1) is 0 Å². The summed E-state index contributed by atoms with van der Waals surface area (Å²) in [6, 6.07) is 8.74. The molecule has 0 unspecified atom stereocenters. The SMILES string of the molecule is CC(C)N(CCNc1ncc2c(n1)-c1ccccc1NC(=O)C2)C(C)C. The van der Waals surface area contributed by atoms with E-state index >= 15 is 0 Å². The van der Waals surface area contributed by atoms with Crippen molar-refractivity contribution in [1.82, 2.24) is 14.9 Å². The molecule has 2 N–H and O–H groups in total. The van der Waals surface area contributed by atoms with Gasteiger partial charge in [-0.2, -0.15) is 0 Å². The number of aromatic nitrogens is 2. The van der Waals surface area contributed by atoms with Crippen LogP contribution in [0.4, 0.5) is 11.6 Å². The van der Waals surface area contributed by atoms with Gasteiger partial charge in [0.05, 0.1) is 17.8 Å². The van der Waals surface area contributed by atoms with E-state index in [9.17, 15) is 4.79 Å². The monoisotopic (exact) mass is 353 g/mol. The van der Waals surface area contributed by atoms with E-state index < -0.39 is 0 Å². The Labute approximate surface area is 155 Å². The first kappa shape index (κ1) is 18.3. The van der Waals surface area contributed by atoms with E-state index in [0.29, 0.717) is 24.5 Å². The normalized spacial score (nSPS) is 13.4. The largest absolute Gasteiger partial charge is 0.353 e. The smallest absolute Gasteiger partial charge is 0.228 e. The second-order valence-electron chi connectivity index (χ2n) is 7.19. The summed E-state index contributed by atoms with van der Waals surface area (Å²) in [5.41, 5.74) is 3.40. The lowest BCUT2D eigenvalue weighted by molar-refractivity contribution is -0.115. The lowest BCUT2D eigenvalue weighted by atomic mass is 10.1. The van der Waals surface area contributed by atoms with Crippen LogP contribution in [0.3, 0.4) is 0 Å². The zero-order valence-corrected chi connectivity index (χ0v) is 15.9. The summed E-state index contributed by atoms with van der Waals surface area (Å²) in [7, 11) is 0. The third-order valence-electron chi connectivity index (χ3n) is 4.65. The second kappa shape index (κ2) is 7.83. The number of rotatable bonds is 6. The molecule has 6 nitrogen and oxygen atoms in total. The lowest BCUT2D eigenvalue weighted by Crippen LogP contribution is -2.40. The van der Waals surface area contributed by atoms with Crippen molar-refractivity contribution in [2.45, 2.75) is 46.2 Å². The molecule has 0 saturated heterocycles. The second-order valence-corrected chi connectivity index (χ2v) is 7.19. The summed E-state index contributed by atoms with van der Waals surface area (Å²) >= 11 is 0. The molecule has 6 heteroatoms. The molecule has 0 spiro atoms. The maximum Gasteiger partial charge on any atom is 0.228 e. The molecule has 26 heavy (non-hydrogen) atoms. The summed E-state index contributed by atoms with van der Waals surface area (Å²) in [5.74, 6) is 0.561. The molecule has 0 bridgehead atoms. The van der Waals surface area contributed by atoms with Crippen LogP contribution >= 0.6 is 0 Å². The van der Waals surface area contributed by atoms with Crippen molar-refractivity contribution in [1.29, 1.82) is 0 Å². The van der Waals surface area contributed by atoms with E-state index in [4.69, 9.17) is 4.98 Å². The fraction of sp³-hybridized carbons (Fsp3) is 0.450. The molecule has 0 radical (unpaired) electrons. The number of benzene rings is 1. The highest BCUT2D eigenvalue weighted by Crippen LogP contribution is 2.32. The van der Waals surface area contributed by atoms with Gasteiger partial charge < -0.3 is 10.6 Å². The van der Waals surface area contributed by atoms with E-state index in [1.54, 1.807) is 6.20 Å². The van der Waals surface area contributed by atoms with Gasteiger partial charge in [0, 0.05) is 42.5 Å². The molecule has 138 valence electrons. The van der Waals surface area contributed by atoms with Crippen molar-refractivity contribution in [3.8, 4) is 11.3 Å². The summed E-state index contributed by atoms with van der Waals surface area (Å²) in [5, 5.41) is 6.27. The van der Waals surface area contributed by atoms with E-state index in [2.05, 4.69) is 48.2 Å². The van der Waals surface area contributed by atoms with Crippen molar-refractivity contribution in [3.63, 3.8) is 0 Å². The predicted octanol–water partition coefficient (Wildman–Crippen LogP) is 3.17. The Kier molecular flexibility index (Phi) is 5.52. The van der Waals surface area contributed by atoms with Gasteiger partial charge in [0.2, 0.25) is 11.9 Å². The molecule has 2 aromatic rings. The Hall–Kier alpha value is -2.47. The van der Waals surface area contributed by atoms with Crippen LogP contribution in [0.2, 0.25) is 0 Å². The number of hydrogen-bond donors (Lipinski definition) is 2. The third kappa shape index (κ3) is 4.02. The van der Waals surface area contributed by atoms with Gasteiger partial charge in [-0.05, 0) is 33.8 Å². The van der Waals surface area contributed by atoms with E-state index in [1.807, 2.05) is 24.3 Å². The molecule has 0 atom stereocenters. The molecule has 0 aliphatic carbocycles. The summed E-state index contributed by atoms with van der Waals surface area (Å²) in [6.45, 7) is 10.5. The molecule has 1 aliphatic rings. The van der Waals surface area contributed by atoms with Crippen LogP contribution in [0, 0.1) is 0 Å². The number of hydrogen-bond acceptors (Lipinski definition) is 5. The van der Waals surface area contributed by atoms with Gasteiger partial charge in [-0.25, -0.2) is 9.97 Å². The summed E-state index contributed by atoms with van der Waals surface area (Å²) < 4.78 is 0. The van der Waals surface area contributed by atoms with Crippen molar-refractivity contribution in [2.75, 3.05) is 23.7 Å². The highest BCUT2D eigenvalue weighted by atomic mass is 16.1. The quantitative estimate of drug-likeness (QED) is 0.835. The molecule has 0 saturated carbocycles. The molecule has 1 aliphatic heterocycles. The molecule has 1 aromatic heterocycles. The number of amides is 1. The Balaban J connectivity index is 1.79. The third-order valence-corrected chi connectivity index (χ3v) is 4.65. The van der Waals surface area contributed by atoms with Crippen LogP contribution in [-0.4, -0.2) is 45.9 Å². The maximum absolute atomic E-state index is 12.1. The first-order valence-corrected chi connectivity index (χ1v) is 9.20. The van der Waals surface area contributed by atoms with E-state index in [-0.39, 0.29) is 5.91 Å². The Morgan fingerprint density at radius 3 is 2.65 bits per heavy atom. The Morgan fingerprint density at radius 1 is 1.19 bits per heavy atom. The average molecular weight is 353 g/mol. The molecule has 1 amide bonds. The molecular formula is C20H27N5O. The number of para-hydroxylation sites is 1. The highest BCUT2D eigenvalue weighted by molar-refractivity contribution is 5.99. The van der Waals surface area contributed by atoms with Crippen LogP contribution < -0.4 is 10.6 Å². The average Bonchev–Trinajstić information content (AvgIpc) is 2.73. The highest BCUT2D eigenvalue weighted by Gasteiger charge is 2.20. The van der Waals surface area contributed by atoms with Gasteiger partial charge in [0.15, 0.2) is 0 Å². The minimum Gasteiger partial charge on any atom is -0.353 e. The number of carbonyl (C=O) groups is 1.